The summed E-state index contributed by atoms with van der Waals surface area (Å²) in [6, 6.07) is 9.87. The second-order valence-electron chi connectivity index (χ2n) is 7.84. The van der Waals surface area contributed by atoms with Gasteiger partial charge in [-0.2, -0.15) is 4.31 Å². The van der Waals surface area contributed by atoms with Crippen LogP contribution in [0.1, 0.15) is 41.0 Å². The normalized spacial score (nSPS) is 16.7. The van der Waals surface area contributed by atoms with E-state index in [4.69, 9.17) is 11.6 Å². The Balaban J connectivity index is 1.57. The zero-order valence-corrected chi connectivity index (χ0v) is 18.0. The molecular weight excluding hydrogens is 392 g/mol. The highest BCUT2D eigenvalue weighted by Crippen LogP contribution is 2.36. The topological polar surface area (TPSA) is 53.2 Å². The van der Waals surface area contributed by atoms with Gasteiger partial charge in [-0.25, -0.2) is 8.42 Å². The van der Waals surface area contributed by atoms with Gasteiger partial charge in [0.15, 0.2) is 0 Å². The predicted molar refractivity (Wildman–Crippen MR) is 115 cm³/mol. The largest absolute Gasteiger partial charge is 0.361 e. The fraction of sp³-hybridized carbons (Fsp3) is 0.364. The lowest BCUT2D eigenvalue weighted by molar-refractivity contribution is 0.320. The lowest BCUT2D eigenvalue weighted by Gasteiger charge is -2.31. The average molecular weight is 417 g/mol. The molecule has 0 unspecified atom stereocenters. The quantitative estimate of drug-likeness (QED) is 0.628. The smallest absolute Gasteiger partial charge is 0.243 e. The third-order valence-electron chi connectivity index (χ3n) is 5.84. The number of sulfonamides is 1. The number of hydrogen-bond donors (Lipinski definition) is 1. The average Bonchev–Trinajstić information content (AvgIpc) is 3.07. The number of aryl methyl sites for hydroxylation is 3. The van der Waals surface area contributed by atoms with E-state index in [9.17, 15) is 8.42 Å². The maximum Gasteiger partial charge on any atom is 0.243 e. The summed E-state index contributed by atoms with van der Waals surface area (Å²) in [5.74, 6) is 0.370. The number of aromatic nitrogens is 1. The summed E-state index contributed by atoms with van der Waals surface area (Å²) in [6.45, 7) is 6.81. The summed E-state index contributed by atoms with van der Waals surface area (Å²) in [5.41, 5.74) is 5.17. The number of nitrogens with zero attached hydrogens (tertiary/aromatic N) is 1. The molecule has 4 nitrogen and oxygen atoms in total. The molecule has 28 heavy (non-hydrogen) atoms. The summed E-state index contributed by atoms with van der Waals surface area (Å²) in [7, 11) is -3.51. The highest BCUT2D eigenvalue weighted by molar-refractivity contribution is 7.89. The Labute approximate surface area is 171 Å². The molecule has 0 bridgehead atoms. The zero-order chi connectivity index (χ0) is 20.1. The molecule has 2 aromatic carbocycles. The molecule has 0 aliphatic carbocycles. The third-order valence-corrected chi connectivity index (χ3v) is 8.28. The van der Waals surface area contributed by atoms with Crippen LogP contribution < -0.4 is 0 Å². The number of fused-ring (bicyclic) bond motifs is 1. The lowest BCUT2D eigenvalue weighted by Crippen LogP contribution is -2.38. The molecule has 1 aromatic heterocycles. The van der Waals surface area contributed by atoms with Gasteiger partial charge in [-0.3, -0.25) is 0 Å². The van der Waals surface area contributed by atoms with E-state index in [1.165, 1.54) is 16.5 Å². The maximum atomic E-state index is 13.2. The van der Waals surface area contributed by atoms with Crippen molar-refractivity contribution >= 4 is 32.5 Å². The molecule has 2 heterocycles. The van der Waals surface area contributed by atoms with Crippen molar-refractivity contribution in [2.45, 2.75) is 44.4 Å². The van der Waals surface area contributed by atoms with E-state index >= 15 is 0 Å². The molecule has 1 saturated heterocycles. The Morgan fingerprint density at radius 1 is 1.04 bits per heavy atom. The molecular formula is C22H25ClN2O2S. The second kappa shape index (κ2) is 7.21. The maximum absolute atomic E-state index is 13.2. The second-order valence-corrected chi connectivity index (χ2v) is 10.2. The number of rotatable bonds is 3. The molecule has 0 amide bonds. The van der Waals surface area contributed by atoms with Crippen LogP contribution in [0, 0.1) is 20.8 Å². The standard InChI is InChI=1S/C22H25ClN2O2S/c1-14-4-5-21-18(10-14)19(13-24-21)17-6-8-25(9-7-17)28(26,27)22-12-15(2)20(23)11-16(22)3/h4-5,10-13,17,24H,6-9H2,1-3H3. The summed E-state index contributed by atoms with van der Waals surface area (Å²) in [6.07, 6.45) is 3.74. The van der Waals surface area contributed by atoms with Crippen LogP contribution in [0.5, 0.6) is 0 Å². The Hall–Kier alpha value is -1.82. The summed E-state index contributed by atoms with van der Waals surface area (Å²) in [5, 5.41) is 1.86. The number of H-pyrrole nitrogens is 1. The summed E-state index contributed by atoms with van der Waals surface area (Å²) < 4.78 is 28.0. The highest BCUT2D eigenvalue weighted by Gasteiger charge is 2.32. The zero-order valence-electron chi connectivity index (χ0n) is 16.4. The van der Waals surface area contributed by atoms with Gasteiger partial charge in [0.2, 0.25) is 10.0 Å². The minimum Gasteiger partial charge on any atom is -0.361 e. The first-order chi connectivity index (χ1) is 13.3. The number of benzene rings is 2. The number of aromatic amines is 1. The first kappa shape index (κ1) is 19.5. The van der Waals surface area contributed by atoms with Crippen LogP contribution in [0.3, 0.4) is 0 Å². The fourth-order valence-corrected chi connectivity index (χ4v) is 6.15. The van der Waals surface area contributed by atoms with Crippen LogP contribution in [-0.2, 0) is 10.0 Å². The van der Waals surface area contributed by atoms with Gasteiger partial charge in [0.1, 0.15) is 0 Å². The van der Waals surface area contributed by atoms with Crippen molar-refractivity contribution in [1.29, 1.82) is 0 Å². The Kier molecular flexibility index (Phi) is 5.02. The van der Waals surface area contributed by atoms with Crippen LogP contribution in [0.4, 0.5) is 0 Å². The van der Waals surface area contributed by atoms with Crippen LogP contribution in [0.25, 0.3) is 10.9 Å². The predicted octanol–water partition coefficient (Wildman–Crippen LogP) is 5.31. The van der Waals surface area contributed by atoms with Gasteiger partial charge >= 0.3 is 0 Å². The van der Waals surface area contributed by atoms with Gasteiger partial charge in [-0.1, -0.05) is 23.2 Å². The van der Waals surface area contributed by atoms with Gasteiger partial charge in [-0.15, -0.1) is 0 Å². The number of nitrogens with one attached hydrogen (secondary N) is 1. The van der Waals surface area contributed by atoms with Gasteiger partial charge in [-0.05, 0) is 80.5 Å². The highest BCUT2D eigenvalue weighted by atomic mass is 35.5. The SMILES string of the molecule is Cc1ccc2[nH]cc(C3CCN(S(=O)(=O)c4cc(C)c(Cl)cc4C)CC3)c2c1. The fourth-order valence-electron chi connectivity index (χ4n) is 4.17. The molecule has 6 heteroatoms. The molecule has 0 radical (unpaired) electrons. The minimum atomic E-state index is -3.51. The molecule has 0 spiro atoms. The number of hydrogen-bond acceptors (Lipinski definition) is 2. The van der Waals surface area contributed by atoms with Gasteiger partial charge in [0.25, 0.3) is 0 Å². The van der Waals surface area contributed by atoms with Crippen molar-refractivity contribution in [3.8, 4) is 0 Å². The van der Waals surface area contributed by atoms with Crippen molar-refractivity contribution in [1.82, 2.24) is 9.29 Å². The molecule has 0 atom stereocenters. The van der Waals surface area contributed by atoms with E-state index in [1.54, 1.807) is 23.4 Å². The monoisotopic (exact) mass is 416 g/mol. The Bertz CT molecular complexity index is 1140. The molecule has 1 fully saturated rings. The summed E-state index contributed by atoms with van der Waals surface area (Å²) in [4.78, 5) is 3.73. The third kappa shape index (κ3) is 3.36. The molecule has 1 aliphatic heterocycles. The van der Waals surface area contributed by atoms with E-state index in [1.807, 2.05) is 6.92 Å². The number of piperidine rings is 1. The first-order valence-electron chi connectivity index (χ1n) is 9.62. The van der Waals surface area contributed by atoms with E-state index in [-0.39, 0.29) is 0 Å². The van der Waals surface area contributed by atoms with Crippen molar-refractivity contribution in [2.75, 3.05) is 13.1 Å². The van der Waals surface area contributed by atoms with Crippen LogP contribution in [-0.4, -0.2) is 30.8 Å². The molecule has 3 aromatic rings. The Morgan fingerprint density at radius 3 is 2.46 bits per heavy atom. The van der Waals surface area contributed by atoms with Crippen molar-refractivity contribution < 1.29 is 8.42 Å². The van der Waals surface area contributed by atoms with Crippen LogP contribution >= 0.6 is 11.6 Å². The Morgan fingerprint density at radius 2 is 1.75 bits per heavy atom. The van der Waals surface area contributed by atoms with E-state index < -0.39 is 10.0 Å². The van der Waals surface area contributed by atoms with E-state index in [2.05, 4.69) is 36.3 Å². The van der Waals surface area contributed by atoms with Crippen molar-refractivity contribution in [2.24, 2.45) is 0 Å². The van der Waals surface area contributed by atoms with Crippen LogP contribution in [0.2, 0.25) is 5.02 Å². The molecule has 1 aliphatic rings. The minimum absolute atomic E-state index is 0.370. The molecule has 0 saturated carbocycles. The van der Waals surface area contributed by atoms with Gasteiger partial charge in [0, 0.05) is 35.2 Å². The summed E-state index contributed by atoms with van der Waals surface area (Å²) >= 11 is 6.15. The molecule has 148 valence electrons. The van der Waals surface area contributed by atoms with E-state index in [0.29, 0.717) is 34.5 Å². The van der Waals surface area contributed by atoms with Crippen molar-refractivity contribution in [3.63, 3.8) is 0 Å². The van der Waals surface area contributed by atoms with Gasteiger partial charge in [0.05, 0.1) is 4.90 Å². The molecule has 4 rings (SSSR count). The molecule has 1 N–H and O–H groups in total. The lowest BCUT2D eigenvalue weighted by atomic mass is 9.90. The van der Waals surface area contributed by atoms with Gasteiger partial charge < -0.3 is 4.98 Å². The van der Waals surface area contributed by atoms with E-state index in [0.717, 1.165) is 23.9 Å². The van der Waals surface area contributed by atoms with Crippen LogP contribution in [0.15, 0.2) is 41.4 Å². The van der Waals surface area contributed by atoms with Crippen molar-refractivity contribution in [3.05, 3.63) is 63.8 Å². The first-order valence-corrected chi connectivity index (χ1v) is 11.4. The number of halogens is 1.